The maximum atomic E-state index is 9.62. The molecule has 18 heavy (non-hydrogen) atoms. The zero-order valence-electron chi connectivity index (χ0n) is 11.7. The minimum atomic E-state index is -0.439. The molecule has 1 saturated heterocycles. The Bertz CT molecular complexity index is 262. The summed E-state index contributed by atoms with van der Waals surface area (Å²) in [5, 5.41) is 13.1. The molecule has 0 amide bonds. The SMILES string of the molecule is CC1(C)OCC(CNCC2(CO)CCCCC2)O1. The summed E-state index contributed by atoms with van der Waals surface area (Å²) in [6.45, 7) is 6.56. The van der Waals surface area contributed by atoms with E-state index in [2.05, 4.69) is 5.32 Å². The molecule has 1 aliphatic carbocycles. The number of hydrogen-bond donors (Lipinski definition) is 2. The van der Waals surface area contributed by atoms with Gasteiger partial charge >= 0.3 is 0 Å². The summed E-state index contributed by atoms with van der Waals surface area (Å²) in [5.41, 5.74) is 0.104. The number of hydrogen-bond acceptors (Lipinski definition) is 4. The highest BCUT2D eigenvalue weighted by molar-refractivity contribution is 4.85. The van der Waals surface area contributed by atoms with E-state index in [1.807, 2.05) is 13.8 Å². The molecule has 0 aromatic rings. The van der Waals surface area contributed by atoms with Gasteiger partial charge in [0.2, 0.25) is 0 Å². The van der Waals surface area contributed by atoms with Crippen LogP contribution in [0.1, 0.15) is 46.0 Å². The third-order valence-corrected chi connectivity index (χ3v) is 4.19. The lowest BCUT2D eigenvalue weighted by molar-refractivity contribution is -0.137. The van der Waals surface area contributed by atoms with Gasteiger partial charge in [-0.3, -0.25) is 0 Å². The first-order valence-electron chi connectivity index (χ1n) is 7.19. The summed E-state index contributed by atoms with van der Waals surface area (Å²) in [5.74, 6) is -0.439. The molecule has 106 valence electrons. The molecule has 1 aliphatic heterocycles. The molecule has 4 nitrogen and oxygen atoms in total. The third kappa shape index (κ3) is 3.67. The van der Waals surface area contributed by atoms with Crippen LogP contribution in [0.5, 0.6) is 0 Å². The summed E-state index contributed by atoms with van der Waals surface area (Å²) in [6, 6.07) is 0. The van der Waals surface area contributed by atoms with Crippen molar-refractivity contribution < 1.29 is 14.6 Å². The molecule has 0 radical (unpaired) electrons. The molecule has 1 unspecified atom stereocenters. The Kier molecular flexibility index (Phi) is 4.64. The number of aliphatic hydroxyl groups excluding tert-OH is 1. The van der Waals surface area contributed by atoms with E-state index in [0.717, 1.165) is 25.9 Å². The van der Waals surface area contributed by atoms with Gasteiger partial charge in [-0.25, -0.2) is 0 Å². The van der Waals surface area contributed by atoms with Gasteiger partial charge in [-0.1, -0.05) is 19.3 Å². The van der Waals surface area contributed by atoms with Gasteiger partial charge in [0.05, 0.1) is 12.7 Å². The zero-order chi connectivity index (χ0) is 13.1. The number of aliphatic hydroxyl groups is 1. The fourth-order valence-corrected chi connectivity index (χ4v) is 3.05. The van der Waals surface area contributed by atoms with E-state index in [4.69, 9.17) is 9.47 Å². The van der Waals surface area contributed by atoms with Crippen LogP contribution in [0.3, 0.4) is 0 Å². The molecule has 1 heterocycles. The number of rotatable bonds is 5. The zero-order valence-corrected chi connectivity index (χ0v) is 11.7. The van der Waals surface area contributed by atoms with Gasteiger partial charge < -0.3 is 19.9 Å². The van der Waals surface area contributed by atoms with E-state index in [-0.39, 0.29) is 11.5 Å². The van der Waals surface area contributed by atoms with Crippen LogP contribution in [0.4, 0.5) is 0 Å². The second kappa shape index (κ2) is 5.87. The van der Waals surface area contributed by atoms with Crippen LogP contribution >= 0.6 is 0 Å². The van der Waals surface area contributed by atoms with Crippen LogP contribution in [0.15, 0.2) is 0 Å². The van der Waals surface area contributed by atoms with E-state index in [0.29, 0.717) is 13.2 Å². The molecule has 0 bridgehead atoms. The van der Waals surface area contributed by atoms with Crippen LogP contribution in [0, 0.1) is 5.41 Å². The van der Waals surface area contributed by atoms with Gasteiger partial charge in [-0.05, 0) is 26.7 Å². The van der Waals surface area contributed by atoms with Crippen LogP contribution in [-0.2, 0) is 9.47 Å². The maximum absolute atomic E-state index is 9.62. The Labute approximate surface area is 110 Å². The first kappa shape index (κ1) is 14.3. The molecule has 0 spiro atoms. The van der Waals surface area contributed by atoms with Crippen molar-refractivity contribution in [3.63, 3.8) is 0 Å². The molecular formula is C14H27NO3. The van der Waals surface area contributed by atoms with Crippen molar-refractivity contribution in [1.29, 1.82) is 0 Å². The molecular weight excluding hydrogens is 230 g/mol. The van der Waals surface area contributed by atoms with E-state index in [1.54, 1.807) is 0 Å². The van der Waals surface area contributed by atoms with Gasteiger partial charge in [0.1, 0.15) is 0 Å². The largest absolute Gasteiger partial charge is 0.396 e. The average Bonchev–Trinajstić information content (AvgIpc) is 2.70. The highest BCUT2D eigenvalue weighted by atomic mass is 16.7. The standard InChI is InChI=1S/C14H27NO3/c1-13(2)17-9-12(18-13)8-15-10-14(11-16)6-4-3-5-7-14/h12,15-16H,3-11H2,1-2H3. The van der Waals surface area contributed by atoms with Crippen molar-refractivity contribution >= 4 is 0 Å². The molecule has 0 aromatic heterocycles. The molecule has 2 rings (SSSR count). The van der Waals surface area contributed by atoms with E-state index < -0.39 is 5.79 Å². The van der Waals surface area contributed by atoms with Crippen molar-refractivity contribution in [2.75, 3.05) is 26.3 Å². The third-order valence-electron chi connectivity index (χ3n) is 4.19. The van der Waals surface area contributed by atoms with Crippen LogP contribution in [0.25, 0.3) is 0 Å². The van der Waals surface area contributed by atoms with Crippen LogP contribution in [0.2, 0.25) is 0 Å². The van der Waals surface area contributed by atoms with Crippen molar-refractivity contribution in [3.05, 3.63) is 0 Å². The van der Waals surface area contributed by atoms with Crippen molar-refractivity contribution in [3.8, 4) is 0 Å². The monoisotopic (exact) mass is 257 g/mol. The topological polar surface area (TPSA) is 50.7 Å². The van der Waals surface area contributed by atoms with Gasteiger partial charge in [0.15, 0.2) is 5.79 Å². The molecule has 1 saturated carbocycles. The van der Waals surface area contributed by atoms with E-state index in [1.165, 1.54) is 19.3 Å². The van der Waals surface area contributed by atoms with Crippen molar-refractivity contribution in [2.24, 2.45) is 5.41 Å². The lowest BCUT2D eigenvalue weighted by Crippen LogP contribution is -2.42. The average molecular weight is 257 g/mol. The second-order valence-corrected chi connectivity index (χ2v) is 6.30. The smallest absolute Gasteiger partial charge is 0.163 e. The Hall–Kier alpha value is -0.160. The summed E-state index contributed by atoms with van der Waals surface area (Å²) in [7, 11) is 0. The fourth-order valence-electron chi connectivity index (χ4n) is 3.05. The number of ether oxygens (including phenoxy) is 2. The lowest BCUT2D eigenvalue weighted by atomic mass is 9.74. The van der Waals surface area contributed by atoms with Gasteiger partial charge in [0.25, 0.3) is 0 Å². The second-order valence-electron chi connectivity index (χ2n) is 6.30. The quantitative estimate of drug-likeness (QED) is 0.786. The first-order valence-corrected chi connectivity index (χ1v) is 7.19. The summed E-state index contributed by atoms with van der Waals surface area (Å²) >= 11 is 0. The molecule has 1 atom stereocenters. The Morgan fingerprint density at radius 1 is 1.22 bits per heavy atom. The van der Waals surface area contributed by atoms with Crippen molar-refractivity contribution in [2.45, 2.75) is 57.8 Å². The van der Waals surface area contributed by atoms with E-state index in [9.17, 15) is 5.11 Å². The Balaban J connectivity index is 1.71. The van der Waals surface area contributed by atoms with E-state index >= 15 is 0 Å². The van der Waals surface area contributed by atoms with Crippen LogP contribution in [-0.4, -0.2) is 43.3 Å². The summed E-state index contributed by atoms with van der Waals surface area (Å²) in [4.78, 5) is 0. The highest BCUT2D eigenvalue weighted by Gasteiger charge is 2.34. The number of nitrogens with one attached hydrogen (secondary N) is 1. The minimum Gasteiger partial charge on any atom is -0.396 e. The maximum Gasteiger partial charge on any atom is 0.163 e. The lowest BCUT2D eigenvalue weighted by Gasteiger charge is -2.36. The normalized spacial score (nSPS) is 30.5. The summed E-state index contributed by atoms with van der Waals surface area (Å²) in [6.07, 6.45) is 6.24. The van der Waals surface area contributed by atoms with Gasteiger partial charge in [0, 0.05) is 25.1 Å². The first-order chi connectivity index (χ1) is 8.55. The predicted octanol–water partition coefficient (Wildman–Crippen LogP) is 1.67. The predicted molar refractivity (Wildman–Crippen MR) is 70.4 cm³/mol. The molecule has 2 fully saturated rings. The molecule has 2 aliphatic rings. The minimum absolute atomic E-state index is 0.104. The van der Waals surface area contributed by atoms with Gasteiger partial charge in [-0.15, -0.1) is 0 Å². The van der Waals surface area contributed by atoms with Crippen LogP contribution < -0.4 is 5.32 Å². The van der Waals surface area contributed by atoms with Gasteiger partial charge in [-0.2, -0.15) is 0 Å². The Morgan fingerprint density at radius 2 is 1.94 bits per heavy atom. The summed E-state index contributed by atoms with van der Waals surface area (Å²) < 4.78 is 11.3. The molecule has 2 N–H and O–H groups in total. The fraction of sp³-hybridized carbons (Fsp3) is 1.00. The Morgan fingerprint density at radius 3 is 2.50 bits per heavy atom. The highest BCUT2D eigenvalue weighted by Crippen LogP contribution is 2.35. The molecule has 0 aromatic carbocycles. The molecule has 4 heteroatoms. The van der Waals surface area contributed by atoms with Crippen molar-refractivity contribution in [1.82, 2.24) is 5.32 Å².